The van der Waals surface area contributed by atoms with Crippen molar-refractivity contribution in [2.45, 2.75) is 13.5 Å². The van der Waals surface area contributed by atoms with Crippen molar-refractivity contribution in [1.29, 1.82) is 0 Å². The van der Waals surface area contributed by atoms with E-state index in [-0.39, 0.29) is 23.8 Å². The van der Waals surface area contributed by atoms with Gasteiger partial charge in [-0.15, -0.1) is 11.3 Å². The Labute approximate surface area is 215 Å². The van der Waals surface area contributed by atoms with Crippen LogP contribution in [0.15, 0.2) is 71.2 Å². The van der Waals surface area contributed by atoms with Gasteiger partial charge in [-0.3, -0.25) is 0 Å². The summed E-state index contributed by atoms with van der Waals surface area (Å²) in [6.07, 6.45) is 0. The molecule has 0 N–H and O–H groups in total. The Bertz CT molecular complexity index is 1360. The van der Waals surface area contributed by atoms with Gasteiger partial charge in [0.1, 0.15) is 12.4 Å². The number of hydrogen-bond acceptors (Lipinski definition) is 7. The minimum absolute atomic E-state index is 0.243. The van der Waals surface area contributed by atoms with Gasteiger partial charge >= 0.3 is 11.9 Å². The summed E-state index contributed by atoms with van der Waals surface area (Å²) in [5.74, 6) is -0.145. The summed E-state index contributed by atoms with van der Waals surface area (Å²) >= 11 is 4.74. The molecule has 0 bridgehead atoms. The van der Waals surface area contributed by atoms with Crippen LogP contribution in [0.3, 0.4) is 0 Å². The minimum atomic E-state index is -0.551. The van der Waals surface area contributed by atoms with Crippen molar-refractivity contribution in [1.82, 2.24) is 0 Å². The Morgan fingerprint density at radius 1 is 0.943 bits per heavy atom. The van der Waals surface area contributed by atoms with Crippen molar-refractivity contribution in [3.63, 3.8) is 0 Å². The largest absolute Gasteiger partial charge is 0.489 e. The summed E-state index contributed by atoms with van der Waals surface area (Å²) in [6.45, 7) is 2.06. The highest BCUT2D eigenvalue weighted by Gasteiger charge is 2.25. The first kappa shape index (κ1) is 24.8. The second-order valence-corrected chi connectivity index (χ2v) is 9.30. The van der Waals surface area contributed by atoms with Gasteiger partial charge in [-0.1, -0.05) is 48.5 Å². The van der Waals surface area contributed by atoms with Crippen LogP contribution in [0, 0.1) is 0 Å². The number of carbonyl (C=O) groups is 2. The SMILES string of the molecule is CCOC(=O)COc1c(C(=O)OC)sc(-c2cccc(OCc3ccc4ccccc4c3)c2)c1Br. The average molecular weight is 555 g/mol. The third kappa shape index (κ3) is 5.83. The lowest BCUT2D eigenvalue weighted by Crippen LogP contribution is -2.15. The molecule has 0 unspecified atom stereocenters. The fraction of sp³-hybridized carbons (Fsp3) is 0.185. The summed E-state index contributed by atoms with van der Waals surface area (Å²) in [7, 11) is 1.30. The Hall–Kier alpha value is -3.36. The van der Waals surface area contributed by atoms with Crippen LogP contribution >= 0.6 is 27.3 Å². The lowest BCUT2D eigenvalue weighted by molar-refractivity contribution is -0.145. The zero-order valence-corrected chi connectivity index (χ0v) is 21.6. The van der Waals surface area contributed by atoms with Gasteiger partial charge in [-0.2, -0.15) is 0 Å². The van der Waals surface area contributed by atoms with E-state index in [9.17, 15) is 9.59 Å². The van der Waals surface area contributed by atoms with Gasteiger partial charge in [0.05, 0.1) is 23.1 Å². The van der Waals surface area contributed by atoms with Gasteiger partial charge in [0, 0.05) is 0 Å². The molecular formula is C27H23BrO6S. The van der Waals surface area contributed by atoms with Crippen LogP contribution in [-0.2, 0) is 20.9 Å². The maximum atomic E-state index is 12.4. The third-order valence-corrected chi connectivity index (χ3v) is 7.35. The van der Waals surface area contributed by atoms with Crippen LogP contribution in [0.1, 0.15) is 22.2 Å². The number of methoxy groups -OCH3 is 1. The van der Waals surface area contributed by atoms with E-state index in [0.29, 0.717) is 16.8 Å². The summed E-state index contributed by atoms with van der Waals surface area (Å²) in [6, 6.07) is 22.0. The molecule has 0 aliphatic rings. The standard InChI is InChI=1S/C27H23BrO6S/c1-3-32-22(29)16-34-24-23(28)25(35-26(24)27(30)31-2)20-9-6-10-21(14-20)33-15-17-11-12-18-7-4-5-8-19(18)13-17/h4-14H,3,15-16H2,1-2H3. The Balaban J connectivity index is 1.56. The molecule has 0 aliphatic carbocycles. The van der Waals surface area contributed by atoms with Crippen LogP contribution in [0.4, 0.5) is 0 Å². The van der Waals surface area contributed by atoms with E-state index in [1.807, 2.05) is 36.4 Å². The van der Waals surface area contributed by atoms with Crippen LogP contribution in [0.25, 0.3) is 21.2 Å². The predicted octanol–water partition coefficient (Wildman–Crippen LogP) is 6.64. The van der Waals surface area contributed by atoms with Crippen molar-refractivity contribution >= 4 is 50.0 Å². The number of fused-ring (bicyclic) bond motifs is 1. The fourth-order valence-corrected chi connectivity index (χ4v) is 5.46. The molecule has 4 aromatic rings. The van der Waals surface area contributed by atoms with Crippen LogP contribution < -0.4 is 9.47 Å². The smallest absolute Gasteiger partial charge is 0.351 e. The molecule has 0 radical (unpaired) electrons. The molecular weight excluding hydrogens is 532 g/mol. The van der Waals surface area contributed by atoms with Crippen LogP contribution in [0.5, 0.6) is 11.5 Å². The molecule has 0 aliphatic heterocycles. The zero-order valence-electron chi connectivity index (χ0n) is 19.2. The van der Waals surface area contributed by atoms with Crippen LogP contribution in [0.2, 0.25) is 0 Å². The maximum absolute atomic E-state index is 12.4. The highest BCUT2D eigenvalue weighted by molar-refractivity contribution is 9.10. The first-order chi connectivity index (χ1) is 17.0. The number of rotatable bonds is 9. The number of halogens is 1. The monoisotopic (exact) mass is 554 g/mol. The predicted molar refractivity (Wildman–Crippen MR) is 139 cm³/mol. The highest BCUT2D eigenvalue weighted by Crippen LogP contribution is 2.46. The molecule has 0 fully saturated rings. The van der Waals surface area contributed by atoms with Gasteiger partial charge in [-0.25, -0.2) is 9.59 Å². The number of esters is 2. The molecule has 35 heavy (non-hydrogen) atoms. The Morgan fingerprint density at radius 2 is 1.74 bits per heavy atom. The van der Waals surface area contributed by atoms with Crippen molar-refractivity contribution in [2.24, 2.45) is 0 Å². The van der Waals surface area contributed by atoms with Gasteiger partial charge in [-0.05, 0) is 63.0 Å². The van der Waals surface area contributed by atoms with E-state index in [1.54, 1.807) is 6.92 Å². The molecule has 6 nitrogen and oxygen atoms in total. The molecule has 0 spiro atoms. The summed E-state index contributed by atoms with van der Waals surface area (Å²) < 4.78 is 22.1. The van der Waals surface area contributed by atoms with E-state index in [1.165, 1.54) is 23.8 Å². The normalized spacial score (nSPS) is 10.7. The lowest BCUT2D eigenvalue weighted by atomic mass is 10.1. The van der Waals surface area contributed by atoms with Crippen molar-refractivity contribution < 1.29 is 28.5 Å². The van der Waals surface area contributed by atoms with Crippen molar-refractivity contribution in [3.05, 3.63) is 81.6 Å². The number of benzene rings is 3. The molecule has 4 rings (SSSR count). The fourth-order valence-electron chi connectivity index (χ4n) is 3.49. The van der Waals surface area contributed by atoms with Crippen molar-refractivity contribution in [3.8, 4) is 21.9 Å². The first-order valence-corrected chi connectivity index (χ1v) is 12.5. The topological polar surface area (TPSA) is 71.1 Å². The minimum Gasteiger partial charge on any atom is -0.489 e. The summed E-state index contributed by atoms with van der Waals surface area (Å²) in [4.78, 5) is 25.1. The van der Waals surface area contributed by atoms with E-state index in [2.05, 4.69) is 46.3 Å². The highest BCUT2D eigenvalue weighted by atomic mass is 79.9. The number of carbonyl (C=O) groups excluding carboxylic acids is 2. The second-order valence-electron chi connectivity index (χ2n) is 7.49. The molecule has 1 aromatic heterocycles. The number of hydrogen-bond donors (Lipinski definition) is 0. The van der Waals surface area contributed by atoms with Gasteiger partial charge < -0.3 is 18.9 Å². The molecule has 0 saturated carbocycles. The molecule has 0 atom stereocenters. The summed E-state index contributed by atoms with van der Waals surface area (Å²) in [5, 5.41) is 2.35. The van der Waals surface area contributed by atoms with E-state index < -0.39 is 11.9 Å². The second kappa shape index (κ2) is 11.4. The third-order valence-electron chi connectivity index (χ3n) is 5.14. The number of ether oxygens (including phenoxy) is 4. The van der Waals surface area contributed by atoms with E-state index in [0.717, 1.165) is 21.4 Å². The van der Waals surface area contributed by atoms with Gasteiger partial charge in [0.15, 0.2) is 17.2 Å². The summed E-state index contributed by atoms with van der Waals surface area (Å²) in [5.41, 5.74) is 1.89. The zero-order chi connectivity index (χ0) is 24.8. The Kier molecular flexibility index (Phi) is 8.05. The molecule has 0 saturated heterocycles. The first-order valence-electron chi connectivity index (χ1n) is 10.9. The average Bonchev–Trinajstić information content (AvgIpc) is 3.22. The van der Waals surface area contributed by atoms with Gasteiger partial charge in [0.2, 0.25) is 0 Å². The quantitative estimate of drug-likeness (QED) is 0.216. The van der Waals surface area contributed by atoms with Crippen molar-refractivity contribution in [2.75, 3.05) is 20.3 Å². The maximum Gasteiger partial charge on any atom is 0.351 e. The number of thiophene rings is 1. The van der Waals surface area contributed by atoms with E-state index >= 15 is 0 Å². The molecule has 1 heterocycles. The molecule has 8 heteroatoms. The molecule has 0 amide bonds. The molecule has 3 aromatic carbocycles. The van der Waals surface area contributed by atoms with Gasteiger partial charge in [0.25, 0.3) is 0 Å². The van der Waals surface area contributed by atoms with E-state index in [4.69, 9.17) is 18.9 Å². The lowest BCUT2D eigenvalue weighted by Gasteiger charge is -2.09. The Morgan fingerprint density at radius 3 is 2.51 bits per heavy atom. The van der Waals surface area contributed by atoms with Crippen LogP contribution in [-0.4, -0.2) is 32.3 Å². The molecule has 180 valence electrons.